The van der Waals surface area contributed by atoms with Gasteiger partial charge in [0.1, 0.15) is 12.4 Å². The molecule has 29 heavy (non-hydrogen) atoms. The molecule has 1 amide bonds. The second-order valence-corrected chi connectivity index (χ2v) is 8.96. The summed E-state index contributed by atoms with van der Waals surface area (Å²) in [4.78, 5) is 12.5. The van der Waals surface area contributed by atoms with E-state index in [1.54, 1.807) is 18.2 Å². The second kappa shape index (κ2) is 8.58. The van der Waals surface area contributed by atoms with Gasteiger partial charge in [0.05, 0.1) is 11.9 Å². The van der Waals surface area contributed by atoms with E-state index in [1.807, 2.05) is 31.2 Å². The molecule has 0 radical (unpaired) electrons. The Morgan fingerprint density at radius 2 is 2.00 bits per heavy atom. The maximum Gasteiger partial charge on any atom is 0.251 e. The van der Waals surface area contributed by atoms with E-state index in [9.17, 15) is 13.2 Å². The van der Waals surface area contributed by atoms with Gasteiger partial charge in [0.2, 0.25) is 10.0 Å². The van der Waals surface area contributed by atoms with Crippen LogP contribution in [0.5, 0.6) is 5.75 Å². The molecule has 6 nitrogen and oxygen atoms in total. The Morgan fingerprint density at radius 1 is 1.28 bits per heavy atom. The van der Waals surface area contributed by atoms with Crippen LogP contribution in [0.3, 0.4) is 0 Å². The molecule has 2 aromatic carbocycles. The van der Waals surface area contributed by atoms with E-state index >= 15 is 0 Å². The number of hydrogen-bond acceptors (Lipinski definition) is 4. The zero-order chi connectivity index (χ0) is 21.0. The molecule has 1 aliphatic heterocycles. The molecular weight excluding hydrogens is 388 g/mol. The number of sulfonamides is 1. The number of rotatable bonds is 7. The molecule has 1 aliphatic rings. The Kier molecular flexibility index (Phi) is 6.14. The number of anilines is 1. The lowest BCUT2D eigenvalue weighted by Gasteiger charge is -2.21. The van der Waals surface area contributed by atoms with Crippen molar-refractivity contribution in [3.8, 4) is 18.1 Å². The summed E-state index contributed by atoms with van der Waals surface area (Å²) >= 11 is 0. The first-order chi connectivity index (χ1) is 13.8. The van der Waals surface area contributed by atoms with E-state index in [0.29, 0.717) is 36.4 Å². The molecule has 0 fully saturated rings. The van der Waals surface area contributed by atoms with E-state index < -0.39 is 10.0 Å². The summed E-state index contributed by atoms with van der Waals surface area (Å²) in [6.45, 7) is 2.59. The van der Waals surface area contributed by atoms with Gasteiger partial charge in [0, 0.05) is 18.2 Å². The normalized spacial score (nSPS) is 15.5. The van der Waals surface area contributed by atoms with Crippen molar-refractivity contribution < 1.29 is 17.9 Å². The monoisotopic (exact) mass is 412 g/mol. The molecule has 1 N–H and O–H groups in total. The summed E-state index contributed by atoms with van der Waals surface area (Å²) in [5.74, 6) is 2.96. The molecule has 0 aliphatic carbocycles. The number of benzene rings is 2. The fraction of sp³-hybridized carbons (Fsp3) is 0.318. The lowest BCUT2D eigenvalue weighted by atomic mass is 10.1. The number of nitrogens with one attached hydrogen (secondary N) is 1. The summed E-state index contributed by atoms with van der Waals surface area (Å²) in [7, 11) is -3.34. The third-order valence-corrected chi connectivity index (χ3v) is 6.07. The van der Waals surface area contributed by atoms with E-state index in [0.717, 1.165) is 11.1 Å². The molecule has 0 spiro atoms. The summed E-state index contributed by atoms with van der Waals surface area (Å²) < 4.78 is 30.8. The third-order valence-electron chi connectivity index (χ3n) is 4.80. The van der Waals surface area contributed by atoms with Gasteiger partial charge < -0.3 is 10.1 Å². The van der Waals surface area contributed by atoms with Gasteiger partial charge in [-0.2, -0.15) is 0 Å². The van der Waals surface area contributed by atoms with Crippen LogP contribution in [0.15, 0.2) is 42.5 Å². The van der Waals surface area contributed by atoms with Crippen molar-refractivity contribution in [1.29, 1.82) is 0 Å². The zero-order valence-electron chi connectivity index (χ0n) is 16.5. The predicted molar refractivity (Wildman–Crippen MR) is 114 cm³/mol. The van der Waals surface area contributed by atoms with Gasteiger partial charge in [-0.1, -0.05) is 18.1 Å². The lowest BCUT2D eigenvalue weighted by molar-refractivity contribution is 0.0954. The van der Waals surface area contributed by atoms with Crippen LogP contribution in [0.25, 0.3) is 0 Å². The summed E-state index contributed by atoms with van der Waals surface area (Å²) in [6, 6.07) is 12.6. The van der Waals surface area contributed by atoms with Crippen LogP contribution in [-0.4, -0.2) is 39.8 Å². The van der Waals surface area contributed by atoms with Crippen molar-refractivity contribution in [2.75, 3.05) is 23.7 Å². The minimum Gasteiger partial charge on any atom is -0.481 e. The fourth-order valence-electron chi connectivity index (χ4n) is 3.55. The van der Waals surface area contributed by atoms with Gasteiger partial charge in [-0.25, -0.2) is 8.42 Å². The number of hydrogen-bond donors (Lipinski definition) is 1. The van der Waals surface area contributed by atoms with Crippen molar-refractivity contribution in [1.82, 2.24) is 5.32 Å². The van der Waals surface area contributed by atoms with Gasteiger partial charge in [0.15, 0.2) is 0 Å². The van der Waals surface area contributed by atoms with Gasteiger partial charge >= 0.3 is 0 Å². The van der Waals surface area contributed by atoms with E-state index in [1.165, 1.54) is 10.6 Å². The van der Waals surface area contributed by atoms with Gasteiger partial charge in [-0.05, 0) is 61.2 Å². The highest BCUT2D eigenvalue weighted by atomic mass is 32.2. The van der Waals surface area contributed by atoms with E-state index in [-0.39, 0.29) is 18.6 Å². The molecule has 0 aromatic heterocycles. The highest BCUT2D eigenvalue weighted by molar-refractivity contribution is 7.92. The number of nitrogens with zero attached hydrogens (tertiary/aromatic N) is 1. The molecule has 1 heterocycles. The Bertz CT molecular complexity index is 1040. The standard InChI is InChI=1S/C22H24N2O4S/c1-4-13-28-20-8-5-17(6-9-20)11-12-23-22(25)18-7-10-21-19(15-18)14-16(2)24(21)29(3,26)27/h1,5-10,15-16H,11-14H2,2-3H3,(H,23,25). The van der Waals surface area contributed by atoms with Crippen LogP contribution in [0.2, 0.25) is 0 Å². The molecule has 1 unspecified atom stereocenters. The molecule has 0 bridgehead atoms. The highest BCUT2D eigenvalue weighted by Gasteiger charge is 2.32. The SMILES string of the molecule is C#CCOc1ccc(CCNC(=O)c2ccc3c(c2)CC(C)N3S(C)(=O)=O)cc1. The maximum absolute atomic E-state index is 12.5. The van der Waals surface area contributed by atoms with Gasteiger partial charge in [-0.3, -0.25) is 9.10 Å². The van der Waals surface area contributed by atoms with Crippen LogP contribution in [0, 0.1) is 12.3 Å². The molecule has 1 atom stereocenters. The van der Waals surface area contributed by atoms with Gasteiger partial charge in [0.25, 0.3) is 5.91 Å². The number of amides is 1. The molecule has 3 rings (SSSR count). The minimum atomic E-state index is -3.34. The van der Waals surface area contributed by atoms with Crippen LogP contribution >= 0.6 is 0 Å². The van der Waals surface area contributed by atoms with E-state index in [2.05, 4.69) is 11.2 Å². The van der Waals surface area contributed by atoms with Gasteiger partial charge in [-0.15, -0.1) is 6.42 Å². The van der Waals surface area contributed by atoms with Crippen molar-refractivity contribution >= 4 is 21.6 Å². The molecule has 0 saturated carbocycles. The number of carbonyl (C=O) groups is 1. The lowest BCUT2D eigenvalue weighted by Crippen LogP contribution is -2.34. The number of ether oxygens (including phenoxy) is 1. The average molecular weight is 413 g/mol. The van der Waals surface area contributed by atoms with Crippen LogP contribution in [0.1, 0.15) is 28.4 Å². The van der Waals surface area contributed by atoms with Crippen molar-refractivity contribution in [2.45, 2.75) is 25.8 Å². The first-order valence-corrected chi connectivity index (χ1v) is 11.2. The molecule has 152 valence electrons. The molecular formula is C22H24N2O4S. The molecule has 7 heteroatoms. The van der Waals surface area contributed by atoms with Crippen molar-refractivity contribution in [2.24, 2.45) is 0 Å². The summed E-state index contributed by atoms with van der Waals surface area (Å²) in [6.07, 6.45) is 7.65. The smallest absolute Gasteiger partial charge is 0.251 e. The number of fused-ring (bicyclic) bond motifs is 1. The van der Waals surface area contributed by atoms with Crippen molar-refractivity contribution in [3.05, 3.63) is 59.2 Å². The average Bonchev–Trinajstić information content (AvgIpc) is 3.02. The maximum atomic E-state index is 12.5. The Morgan fingerprint density at radius 3 is 2.66 bits per heavy atom. The third kappa shape index (κ3) is 4.90. The summed E-state index contributed by atoms with van der Waals surface area (Å²) in [5.41, 5.74) is 3.14. The first-order valence-electron chi connectivity index (χ1n) is 9.35. The molecule has 2 aromatic rings. The quantitative estimate of drug-likeness (QED) is 0.709. The van der Waals surface area contributed by atoms with Crippen LogP contribution < -0.4 is 14.4 Å². The highest BCUT2D eigenvalue weighted by Crippen LogP contribution is 2.34. The van der Waals surface area contributed by atoms with Crippen molar-refractivity contribution in [3.63, 3.8) is 0 Å². The van der Waals surface area contributed by atoms with Crippen LogP contribution in [0.4, 0.5) is 5.69 Å². The Labute approximate surface area is 171 Å². The fourth-order valence-corrected chi connectivity index (χ4v) is 4.81. The Hall–Kier alpha value is -2.98. The largest absolute Gasteiger partial charge is 0.481 e. The summed E-state index contributed by atoms with van der Waals surface area (Å²) in [5, 5.41) is 2.91. The minimum absolute atomic E-state index is 0.147. The number of carbonyl (C=O) groups excluding carboxylic acids is 1. The van der Waals surface area contributed by atoms with Crippen LogP contribution in [-0.2, 0) is 22.9 Å². The topological polar surface area (TPSA) is 75.7 Å². The number of terminal acetylenes is 1. The predicted octanol–water partition coefficient (Wildman–Crippen LogP) is 2.38. The molecule has 0 saturated heterocycles. The zero-order valence-corrected chi connectivity index (χ0v) is 17.3. The second-order valence-electron chi connectivity index (χ2n) is 7.10. The van der Waals surface area contributed by atoms with E-state index in [4.69, 9.17) is 11.2 Å². The first kappa shape index (κ1) is 20.7. The Balaban J connectivity index is 1.58.